The molecule has 1 rings (SSSR count). The summed E-state index contributed by atoms with van der Waals surface area (Å²) in [6, 6.07) is 7.37. The molecule has 1 aromatic carbocycles. The molecule has 114 valence electrons. The van der Waals surface area contributed by atoms with Gasteiger partial charge in [-0.05, 0) is 36.6 Å². The molecule has 0 spiro atoms. The van der Waals surface area contributed by atoms with Crippen LogP contribution >= 0.6 is 0 Å². The first-order valence-electron chi connectivity index (χ1n) is 6.80. The number of carboxylic acid groups (broad SMARTS) is 1. The summed E-state index contributed by atoms with van der Waals surface area (Å²) in [5.74, 6) is -1.01. The first-order chi connectivity index (χ1) is 10.0. The number of nitrogens with one attached hydrogen (secondary N) is 1. The summed E-state index contributed by atoms with van der Waals surface area (Å²) in [6.07, 6.45) is 3.79. The minimum absolute atomic E-state index is 0.0228. The second-order valence-corrected chi connectivity index (χ2v) is 4.78. The number of carboxylic acids is 1. The van der Waals surface area contributed by atoms with E-state index in [1.165, 1.54) is 6.08 Å². The van der Waals surface area contributed by atoms with Crippen LogP contribution in [0.3, 0.4) is 0 Å². The van der Waals surface area contributed by atoms with Gasteiger partial charge in [-0.15, -0.1) is 0 Å². The van der Waals surface area contributed by atoms with Crippen molar-refractivity contribution in [1.29, 1.82) is 0 Å². The predicted molar refractivity (Wildman–Crippen MR) is 80.7 cm³/mol. The number of aliphatic carboxylic acids is 1. The number of amides is 1. The highest BCUT2D eigenvalue weighted by molar-refractivity contribution is 5.85. The zero-order chi connectivity index (χ0) is 15.7. The molecule has 0 bridgehead atoms. The van der Waals surface area contributed by atoms with E-state index in [4.69, 9.17) is 9.84 Å². The summed E-state index contributed by atoms with van der Waals surface area (Å²) < 4.78 is 5.09. The number of ether oxygens (including phenoxy) is 1. The van der Waals surface area contributed by atoms with Gasteiger partial charge in [0, 0.05) is 26.2 Å². The average molecular weight is 291 g/mol. The van der Waals surface area contributed by atoms with Crippen LogP contribution in [0.4, 0.5) is 0 Å². The van der Waals surface area contributed by atoms with Crippen LogP contribution < -0.4 is 5.32 Å². The van der Waals surface area contributed by atoms with Crippen LogP contribution in [0.5, 0.6) is 0 Å². The zero-order valence-corrected chi connectivity index (χ0v) is 12.3. The van der Waals surface area contributed by atoms with Gasteiger partial charge in [0.1, 0.15) is 0 Å². The maximum Gasteiger partial charge on any atom is 0.328 e. The quantitative estimate of drug-likeness (QED) is 0.720. The lowest BCUT2D eigenvalue weighted by Gasteiger charge is -2.09. The summed E-state index contributed by atoms with van der Waals surface area (Å²) >= 11 is 0. The Kier molecular flexibility index (Phi) is 7.18. The normalized spacial score (nSPS) is 12.3. The van der Waals surface area contributed by atoms with Crippen molar-refractivity contribution < 1.29 is 19.4 Å². The van der Waals surface area contributed by atoms with Crippen molar-refractivity contribution in [1.82, 2.24) is 5.32 Å². The maximum absolute atomic E-state index is 11.7. The van der Waals surface area contributed by atoms with Crippen molar-refractivity contribution in [2.75, 3.05) is 7.11 Å². The third kappa shape index (κ3) is 7.27. The van der Waals surface area contributed by atoms with E-state index in [1.807, 2.05) is 31.2 Å². The Bertz CT molecular complexity index is 511. The molecule has 1 amide bonds. The van der Waals surface area contributed by atoms with Gasteiger partial charge in [0.05, 0.1) is 6.10 Å². The smallest absolute Gasteiger partial charge is 0.328 e. The molecule has 5 nitrogen and oxygen atoms in total. The van der Waals surface area contributed by atoms with Crippen LogP contribution in [0.2, 0.25) is 0 Å². The Morgan fingerprint density at radius 2 is 2.19 bits per heavy atom. The van der Waals surface area contributed by atoms with Crippen molar-refractivity contribution in [3.8, 4) is 0 Å². The number of hydrogen-bond donors (Lipinski definition) is 2. The van der Waals surface area contributed by atoms with Gasteiger partial charge in [-0.1, -0.05) is 18.2 Å². The van der Waals surface area contributed by atoms with Crippen molar-refractivity contribution >= 4 is 18.0 Å². The van der Waals surface area contributed by atoms with Crippen LogP contribution in [-0.4, -0.2) is 30.2 Å². The number of benzene rings is 1. The Hall–Kier alpha value is -2.14. The Labute approximate surface area is 124 Å². The van der Waals surface area contributed by atoms with Crippen LogP contribution in [0, 0.1) is 0 Å². The average Bonchev–Trinajstić information content (AvgIpc) is 2.48. The van der Waals surface area contributed by atoms with Gasteiger partial charge >= 0.3 is 5.97 Å². The molecule has 0 aliphatic rings. The second kappa shape index (κ2) is 8.92. The van der Waals surface area contributed by atoms with Crippen LogP contribution in [0.15, 0.2) is 30.3 Å². The third-order valence-corrected chi connectivity index (χ3v) is 3.04. The van der Waals surface area contributed by atoms with Gasteiger partial charge in [0.25, 0.3) is 0 Å². The first-order valence-corrected chi connectivity index (χ1v) is 6.80. The predicted octanol–water partition coefficient (Wildman–Crippen LogP) is 2.22. The Balaban J connectivity index is 2.46. The Morgan fingerprint density at radius 3 is 2.86 bits per heavy atom. The van der Waals surface area contributed by atoms with Crippen LogP contribution in [0.25, 0.3) is 6.08 Å². The standard InChI is InChI=1S/C16H21NO4/c1-12(21-2)6-8-15(18)17-11-14-5-3-4-13(10-14)7-9-16(19)20/h3-5,7,9-10,12H,6,8,11H2,1-2H3,(H,17,18)(H,19,20)/b9-7+. The fraction of sp³-hybridized carbons (Fsp3) is 0.375. The molecule has 1 unspecified atom stereocenters. The van der Waals surface area contributed by atoms with Crippen molar-refractivity contribution in [2.24, 2.45) is 0 Å². The number of carbonyl (C=O) groups is 2. The second-order valence-electron chi connectivity index (χ2n) is 4.78. The summed E-state index contributed by atoms with van der Waals surface area (Å²) in [5.41, 5.74) is 1.72. The number of methoxy groups -OCH3 is 1. The van der Waals surface area contributed by atoms with Gasteiger partial charge in [-0.25, -0.2) is 4.79 Å². The highest BCUT2D eigenvalue weighted by Crippen LogP contribution is 2.07. The topological polar surface area (TPSA) is 75.6 Å². The van der Waals surface area contributed by atoms with Crippen molar-refractivity contribution in [3.63, 3.8) is 0 Å². The molecule has 5 heteroatoms. The molecule has 0 fully saturated rings. The lowest BCUT2D eigenvalue weighted by molar-refractivity contribution is -0.131. The van der Waals surface area contributed by atoms with Gasteiger partial charge in [0.15, 0.2) is 0 Å². The fourth-order valence-corrected chi connectivity index (χ4v) is 1.72. The number of hydrogen-bond acceptors (Lipinski definition) is 3. The molecule has 1 aromatic rings. The molecular weight excluding hydrogens is 270 g/mol. The lowest BCUT2D eigenvalue weighted by Crippen LogP contribution is -2.23. The molecule has 0 saturated heterocycles. The number of rotatable bonds is 8. The highest BCUT2D eigenvalue weighted by atomic mass is 16.5. The van der Waals surface area contributed by atoms with Gasteiger partial charge < -0.3 is 15.2 Å². The van der Waals surface area contributed by atoms with E-state index in [0.717, 1.165) is 17.2 Å². The van der Waals surface area contributed by atoms with E-state index in [2.05, 4.69) is 5.32 Å². The zero-order valence-electron chi connectivity index (χ0n) is 12.3. The van der Waals surface area contributed by atoms with Gasteiger partial charge in [-0.2, -0.15) is 0 Å². The minimum atomic E-state index is -0.985. The molecule has 0 aromatic heterocycles. The molecule has 2 N–H and O–H groups in total. The van der Waals surface area contributed by atoms with E-state index in [9.17, 15) is 9.59 Å². The van der Waals surface area contributed by atoms with Gasteiger partial charge in [0.2, 0.25) is 5.91 Å². The molecule has 0 aliphatic heterocycles. The molecular formula is C16H21NO4. The van der Waals surface area contributed by atoms with E-state index in [0.29, 0.717) is 19.4 Å². The summed E-state index contributed by atoms with van der Waals surface area (Å²) in [7, 11) is 1.62. The SMILES string of the molecule is COC(C)CCC(=O)NCc1cccc(/C=C/C(=O)O)c1. The fourth-order valence-electron chi connectivity index (χ4n) is 1.72. The first kappa shape index (κ1) is 16.9. The van der Waals surface area contributed by atoms with E-state index in [-0.39, 0.29) is 12.0 Å². The van der Waals surface area contributed by atoms with Crippen molar-refractivity contribution in [2.45, 2.75) is 32.4 Å². The molecule has 0 heterocycles. The van der Waals surface area contributed by atoms with Gasteiger partial charge in [-0.3, -0.25) is 4.79 Å². The van der Waals surface area contributed by atoms with E-state index in [1.54, 1.807) is 7.11 Å². The molecule has 0 aliphatic carbocycles. The monoisotopic (exact) mass is 291 g/mol. The molecule has 1 atom stereocenters. The highest BCUT2D eigenvalue weighted by Gasteiger charge is 2.05. The number of carbonyl (C=O) groups excluding carboxylic acids is 1. The molecule has 21 heavy (non-hydrogen) atoms. The summed E-state index contributed by atoms with van der Waals surface area (Å²) in [4.78, 5) is 22.1. The van der Waals surface area contributed by atoms with E-state index < -0.39 is 5.97 Å². The maximum atomic E-state index is 11.7. The van der Waals surface area contributed by atoms with Crippen LogP contribution in [0.1, 0.15) is 30.9 Å². The minimum Gasteiger partial charge on any atom is -0.478 e. The lowest BCUT2D eigenvalue weighted by atomic mass is 10.1. The summed E-state index contributed by atoms with van der Waals surface area (Å²) in [5, 5.41) is 11.4. The summed E-state index contributed by atoms with van der Waals surface area (Å²) in [6.45, 7) is 2.35. The molecule has 0 saturated carbocycles. The van der Waals surface area contributed by atoms with Crippen LogP contribution in [-0.2, 0) is 20.9 Å². The molecule has 0 radical (unpaired) electrons. The van der Waals surface area contributed by atoms with Crippen molar-refractivity contribution in [3.05, 3.63) is 41.5 Å². The van der Waals surface area contributed by atoms with E-state index >= 15 is 0 Å². The third-order valence-electron chi connectivity index (χ3n) is 3.04. The largest absolute Gasteiger partial charge is 0.478 e. The Morgan fingerprint density at radius 1 is 1.43 bits per heavy atom.